The molecular weight excluding hydrogens is 425 g/mol. The first kappa shape index (κ1) is 21.8. The summed E-state index contributed by atoms with van der Waals surface area (Å²) in [5, 5.41) is 1.97. The molecule has 1 aliphatic heterocycles. The van der Waals surface area contributed by atoms with Gasteiger partial charge in [-0.25, -0.2) is 4.98 Å². The van der Waals surface area contributed by atoms with Crippen LogP contribution in [0.2, 0.25) is 5.15 Å². The molecular formula is C19H18ClF3N4O3. The molecule has 2 aromatic rings. The fourth-order valence-electron chi connectivity index (χ4n) is 3.07. The van der Waals surface area contributed by atoms with Gasteiger partial charge < -0.3 is 15.0 Å². The van der Waals surface area contributed by atoms with E-state index in [4.69, 9.17) is 16.3 Å². The van der Waals surface area contributed by atoms with Crippen molar-refractivity contribution in [3.8, 4) is 5.75 Å². The number of aromatic nitrogens is 2. The quantitative estimate of drug-likeness (QED) is 0.735. The van der Waals surface area contributed by atoms with E-state index in [0.717, 1.165) is 12.1 Å². The Hall–Kier alpha value is -2.88. The smallest absolute Gasteiger partial charge is 0.433 e. The number of hydrogen-bond donors (Lipinski definition) is 1. The summed E-state index contributed by atoms with van der Waals surface area (Å²) >= 11 is 5.84. The highest BCUT2D eigenvalue weighted by atomic mass is 35.5. The van der Waals surface area contributed by atoms with Crippen LogP contribution in [0.1, 0.15) is 39.4 Å². The number of halogens is 4. The molecule has 2 amide bonds. The van der Waals surface area contributed by atoms with Crippen LogP contribution in [0, 0.1) is 0 Å². The Morgan fingerprint density at radius 1 is 1.30 bits per heavy atom. The van der Waals surface area contributed by atoms with Crippen molar-refractivity contribution in [3.05, 3.63) is 52.6 Å². The van der Waals surface area contributed by atoms with Crippen molar-refractivity contribution < 1.29 is 27.5 Å². The maximum atomic E-state index is 12.8. The lowest BCUT2D eigenvalue weighted by Crippen LogP contribution is -2.44. The Labute approximate surface area is 175 Å². The second-order valence-corrected chi connectivity index (χ2v) is 6.98. The van der Waals surface area contributed by atoms with Crippen LogP contribution in [0.5, 0.6) is 5.75 Å². The molecule has 0 aromatic carbocycles. The zero-order valence-electron chi connectivity index (χ0n) is 15.9. The Balaban J connectivity index is 1.70. The summed E-state index contributed by atoms with van der Waals surface area (Å²) in [6.45, 7) is 0.629. The van der Waals surface area contributed by atoms with Crippen LogP contribution in [0.3, 0.4) is 0 Å². The van der Waals surface area contributed by atoms with E-state index in [9.17, 15) is 22.8 Å². The molecule has 0 saturated carbocycles. The van der Waals surface area contributed by atoms with E-state index < -0.39 is 22.9 Å². The highest BCUT2D eigenvalue weighted by Crippen LogP contribution is 2.30. The highest BCUT2D eigenvalue weighted by Gasteiger charge is 2.34. The van der Waals surface area contributed by atoms with Gasteiger partial charge in [-0.05, 0) is 31.0 Å². The van der Waals surface area contributed by atoms with Crippen molar-refractivity contribution in [1.29, 1.82) is 0 Å². The third-order valence-electron chi connectivity index (χ3n) is 4.53. The number of ether oxygens (including phenoxy) is 1. The van der Waals surface area contributed by atoms with Gasteiger partial charge in [0.2, 0.25) is 0 Å². The predicted octanol–water partition coefficient (Wildman–Crippen LogP) is 3.19. The summed E-state index contributed by atoms with van der Waals surface area (Å²) < 4.78 is 44.1. The summed E-state index contributed by atoms with van der Waals surface area (Å²) in [6, 6.07) is 4.86. The molecule has 1 aliphatic rings. The zero-order valence-corrected chi connectivity index (χ0v) is 16.6. The molecule has 0 radical (unpaired) electrons. The van der Waals surface area contributed by atoms with Crippen molar-refractivity contribution in [1.82, 2.24) is 20.2 Å². The number of piperidine rings is 1. The summed E-state index contributed by atoms with van der Waals surface area (Å²) in [7, 11) is 1.49. The highest BCUT2D eigenvalue weighted by molar-refractivity contribution is 6.32. The van der Waals surface area contributed by atoms with Crippen molar-refractivity contribution >= 4 is 23.4 Å². The van der Waals surface area contributed by atoms with Crippen LogP contribution in [0.4, 0.5) is 13.2 Å². The lowest BCUT2D eigenvalue weighted by Gasteiger charge is -2.33. The largest absolute Gasteiger partial charge is 0.488 e. The van der Waals surface area contributed by atoms with Crippen LogP contribution in [-0.4, -0.2) is 52.9 Å². The summed E-state index contributed by atoms with van der Waals surface area (Å²) in [5.41, 5.74) is -1.06. The Kier molecular flexibility index (Phi) is 6.45. The summed E-state index contributed by atoms with van der Waals surface area (Å²) in [5.74, 6) is -0.447. The van der Waals surface area contributed by atoms with E-state index >= 15 is 0 Å². The van der Waals surface area contributed by atoms with Gasteiger partial charge in [0.25, 0.3) is 11.8 Å². The van der Waals surface area contributed by atoms with Gasteiger partial charge in [-0.2, -0.15) is 13.2 Å². The van der Waals surface area contributed by atoms with Crippen LogP contribution in [0.15, 0.2) is 30.5 Å². The Morgan fingerprint density at radius 2 is 2.07 bits per heavy atom. The number of nitrogens with zero attached hydrogens (tertiary/aromatic N) is 3. The van der Waals surface area contributed by atoms with Gasteiger partial charge in [-0.3, -0.25) is 14.6 Å². The molecule has 3 rings (SSSR count). The van der Waals surface area contributed by atoms with E-state index in [-0.39, 0.29) is 29.8 Å². The van der Waals surface area contributed by atoms with Gasteiger partial charge in [-0.1, -0.05) is 11.6 Å². The minimum Gasteiger partial charge on any atom is -0.488 e. The van der Waals surface area contributed by atoms with Crippen LogP contribution in [0.25, 0.3) is 0 Å². The number of pyridine rings is 2. The Bertz CT molecular complexity index is 955. The summed E-state index contributed by atoms with van der Waals surface area (Å²) in [6.07, 6.45) is -2.26. The van der Waals surface area contributed by atoms with Gasteiger partial charge in [0, 0.05) is 25.9 Å². The van der Waals surface area contributed by atoms with E-state index in [1.807, 2.05) is 0 Å². The molecule has 1 saturated heterocycles. The number of carbonyl (C=O) groups excluding carboxylic acids is 2. The van der Waals surface area contributed by atoms with Crippen LogP contribution in [-0.2, 0) is 6.18 Å². The van der Waals surface area contributed by atoms with Gasteiger partial charge in [0.15, 0.2) is 0 Å². The lowest BCUT2D eigenvalue weighted by molar-refractivity contribution is -0.141. The first-order chi connectivity index (χ1) is 14.2. The third kappa shape index (κ3) is 4.99. The number of nitrogens with one attached hydrogen (secondary N) is 1. The van der Waals surface area contributed by atoms with Crippen molar-refractivity contribution in [2.45, 2.75) is 25.1 Å². The molecule has 1 atom stereocenters. The van der Waals surface area contributed by atoms with E-state index in [2.05, 4.69) is 15.3 Å². The lowest BCUT2D eigenvalue weighted by atomic mass is 10.1. The van der Waals surface area contributed by atoms with Gasteiger partial charge in [0.1, 0.15) is 28.4 Å². The van der Waals surface area contributed by atoms with Crippen LogP contribution >= 0.6 is 11.6 Å². The standard InChI is InChI=1S/C19H18ClF3N4O3/c1-24-17(28)14-9-11(6-7-25-14)30-12-3-2-8-27(10-12)18(29)13-4-5-15(19(21,22)23)26-16(13)20/h4-7,9,12H,2-3,8,10H2,1H3,(H,24,28)/t12-/m1/s1. The number of carbonyl (C=O) groups is 2. The number of alkyl halides is 3. The van der Waals surface area contributed by atoms with Gasteiger partial charge in [0.05, 0.1) is 12.1 Å². The second-order valence-electron chi connectivity index (χ2n) is 6.62. The van der Waals surface area contributed by atoms with Gasteiger partial charge >= 0.3 is 6.18 Å². The Morgan fingerprint density at radius 3 is 2.73 bits per heavy atom. The molecule has 3 heterocycles. The predicted molar refractivity (Wildman–Crippen MR) is 101 cm³/mol. The topological polar surface area (TPSA) is 84.4 Å². The molecule has 2 aromatic heterocycles. The minimum absolute atomic E-state index is 0.101. The first-order valence-corrected chi connectivity index (χ1v) is 9.44. The maximum absolute atomic E-state index is 12.8. The maximum Gasteiger partial charge on any atom is 0.433 e. The molecule has 30 heavy (non-hydrogen) atoms. The molecule has 1 N–H and O–H groups in total. The number of likely N-dealkylation sites (tertiary alicyclic amines) is 1. The number of rotatable bonds is 4. The zero-order chi connectivity index (χ0) is 21.9. The molecule has 1 fully saturated rings. The summed E-state index contributed by atoms with van der Waals surface area (Å²) in [4.78, 5) is 33.2. The monoisotopic (exact) mass is 442 g/mol. The fraction of sp³-hybridized carbons (Fsp3) is 0.368. The van der Waals surface area contributed by atoms with Crippen molar-refractivity contribution in [2.75, 3.05) is 20.1 Å². The fourth-order valence-corrected chi connectivity index (χ4v) is 3.30. The molecule has 0 spiro atoms. The normalized spacial score (nSPS) is 16.8. The molecule has 0 bridgehead atoms. The number of hydrogen-bond acceptors (Lipinski definition) is 5. The SMILES string of the molecule is CNC(=O)c1cc(O[C@@H]2CCCN(C(=O)c3ccc(C(F)(F)F)nc3Cl)C2)ccn1. The van der Waals surface area contributed by atoms with Crippen LogP contribution < -0.4 is 10.1 Å². The molecule has 0 aliphatic carbocycles. The van der Waals surface area contributed by atoms with E-state index in [0.29, 0.717) is 25.1 Å². The molecule has 11 heteroatoms. The molecule has 7 nitrogen and oxygen atoms in total. The second kappa shape index (κ2) is 8.86. The van der Waals surface area contributed by atoms with E-state index in [1.54, 1.807) is 6.07 Å². The average Bonchev–Trinajstić information content (AvgIpc) is 2.72. The third-order valence-corrected chi connectivity index (χ3v) is 4.82. The minimum atomic E-state index is -4.65. The average molecular weight is 443 g/mol. The molecule has 0 unspecified atom stereocenters. The van der Waals surface area contributed by atoms with E-state index in [1.165, 1.54) is 24.2 Å². The first-order valence-electron chi connectivity index (χ1n) is 9.07. The van der Waals surface area contributed by atoms with Crippen molar-refractivity contribution in [3.63, 3.8) is 0 Å². The van der Waals surface area contributed by atoms with Crippen molar-refractivity contribution in [2.24, 2.45) is 0 Å². The van der Waals surface area contributed by atoms with Gasteiger partial charge in [-0.15, -0.1) is 0 Å². The number of amides is 2. The molecule has 160 valence electrons.